The van der Waals surface area contributed by atoms with Gasteiger partial charge in [-0.05, 0) is 40.2 Å². The fourth-order valence-corrected chi connectivity index (χ4v) is 2.71. The van der Waals surface area contributed by atoms with Crippen LogP contribution in [0.2, 0.25) is 0 Å². The van der Waals surface area contributed by atoms with Crippen molar-refractivity contribution in [1.29, 1.82) is 0 Å². The fourth-order valence-electron chi connectivity index (χ4n) is 2.71. The Morgan fingerprint density at radius 1 is 1.19 bits per heavy atom. The summed E-state index contributed by atoms with van der Waals surface area (Å²) in [5.74, 6) is -1.69. The van der Waals surface area contributed by atoms with E-state index in [1.54, 1.807) is 45.9 Å². The zero-order chi connectivity index (χ0) is 24.3. The first-order valence-corrected chi connectivity index (χ1v) is 10.2. The summed E-state index contributed by atoms with van der Waals surface area (Å²) in [6, 6.07) is 8.05. The van der Waals surface area contributed by atoms with E-state index in [1.807, 2.05) is 13.0 Å². The Morgan fingerprint density at radius 3 is 2.44 bits per heavy atom. The molecule has 0 aromatic heterocycles. The largest absolute Gasteiger partial charge is 0.466 e. The Kier molecular flexibility index (Phi) is 10.2. The van der Waals surface area contributed by atoms with Crippen molar-refractivity contribution in [1.82, 2.24) is 15.5 Å². The van der Waals surface area contributed by atoms with Gasteiger partial charge in [-0.3, -0.25) is 19.3 Å². The maximum atomic E-state index is 13.0. The molecule has 0 aliphatic carbocycles. The molecule has 0 radical (unpaired) electrons. The number of carbonyl (C=O) groups is 4. The number of hydrogen-bond donors (Lipinski definition) is 2. The lowest BCUT2D eigenvalue weighted by molar-refractivity contribution is -0.143. The average Bonchev–Trinajstić information content (AvgIpc) is 2.68. The molecule has 0 saturated heterocycles. The maximum Gasteiger partial charge on any atom is 0.408 e. The van der Waals surface area contributed by atoms with Crippen molar-refractivity contribution >= 4 is 23.9 Å². The van der Waals surface area contributed by atoms with Crippen molar-refractivity contribution in [3.8, 4) is 12.5 Å². The highest BCUT2D eigenvalue weighted by atomic mass is 16.6. The molecule has 0 spiro atoms. The lowest BCUT2D eigenvalue weighted by Gasteiger charge is -2.27. The number of ether oxygens (including phenoxy) is 2. The van der Waals surface area contributed by atoms with E-state index in [2.05, 4.69) is 16.7 Å². The number of nitrogens with one attached hydrogen (secondary N) is 2. The highest BCUT2D eigenvalue weighted by molar-refractivity contribution is 5.91. The summed E-state index contributed by atoms with van der Waals surface area (Å²) >= 11 is 0. The lowest BCUT2D eigenvalue weighted by atomic mass is 10.0. The Labute approximate surface area is 188 Å². The van der Waals surface area contributed by atoms with Crippen LogP contribution in [0.5, 0.6) is 0 Å². The van der Waals surface area contributed by atoms with Crippen LogP contribution in [0.3, 0.4) is 0 Å². The summed E-state index contributed by atoms with van der Waals surface area (Å²) in [5.41, 5.74) is 0.618. The first-order valence-electron chi connectivity index (χ1n) is 10.2. The first-order chi connectivity index (χ1) is 15.0. The van der Waals surface area contributed by atoms with Gasteiger partial charge in [0.05, 0.1) is 13.0 Å². The maximum absolute atomic E-state index is 13.0. The van der Waals surface area contributed by atoms with Crippen LogP contribution in [0.4, 0.5) is 4.79 Å². The number of amides is 3. The molecule has 32 heavy (non-hydrogen) atoms. The third kappa shape index (κ3) is 9.08. The molecule has 0 bridgehead atoms. The summed E-state index contributed by atoms with van der Waals surface area (Å²) in [6.45, 7) is 8.39. The minimum absolute atomic E-state index is 0.0166. The van der Waals surface area contributed by atoms with Crippen LogP contribution in [0.15, 0.2) is 24.3 Å². The van der Waals surface area contributed by atoms with Gasteiger partial charge in [0.1, 0.15) is 18.2 Å². The van der Waals surface area contributed by atoms with Crippen molar-refractivity contribution in [2.75, 3.05) is 19.7 Å². The van der Waals surface area contributed by atoms with E-state index in [4.69, 9.17) is 15.9 Å². The minimum Gasteiger partial charge on any atom is -0.466 e. The van der Waals surface area contributed by atoms with Crippen LogP contribution in [-0.4, -0.2) is 54.1 Å². The molecule has 1 aromatic rings. The van der Waals surface area contributed by atoms with Crippen molar-refractivity contribution in [3.05, 3.63) is 35.4 Å². The fraction of sp³-hybridized carbons (Fsp3) is 0.478. The van der Waals surface area contributed by atoms with Crippen molar-refractivity contribution < 1.29 is 28.7 Å². The molecule has 0 aliphatic heterocycles. The van der Waals surface area contributed by atoms with Gasteiger partial charge in [-0.2, -0.15) is 0 Å². The van der Waals surface area contributed by atoms with E-state index in [9.17, 15) is 19.2 Å². The molecule has 1 unspecified atom stereocenters. The molecule has 9 nitrogen and oxygen atoms in total. The summed E-state index contributed by atoms with van der Waals surface area (Å²) in [6.07, 6.45) is 4.76. The number of terminal acetylenes is 1. The molecule has 1 aromatic carbocycles. The number of hydrogen-bond acceptors (Lipinski definition) is 6. The highest BCUT2D eigenvalue weighted by Gasteiger charge is 2.31. The molecule has 1 atom stereocenters. The van der Waals surface area contributed by atoms with E-state index in [0.29, 0.717) is 5.56 Å². The topological polar surface area (TPSA) is 114 Å². The van der Waals surface area contributed by atoms with Crippen molar-refractivity contribution in [2.45, 2.75) is 52.7 Å². The van der Waals surface area contributed by atoms with Crippen molar-refractivity contribution in [3.63, 3.8) is 0 Å². The molecule has 2 N–H and O–H groups in total. The molecule has 0 fully saturated rings. The molecule has 0 aliphatic rings. The number of alkyl carbamates (subject to hydrolysis) is 1. The summed E-state index contributed by atoms with van der Waals surface area (Å²) in [7, 11) is 0. The molecule has 1 rings (SSSR count). The predicted molar refractivity (Wildman–Crippen MR) is 118 cm³/mol. The zero-order valence-electron chi connectivity index (χ0n) is 19.2. The minimum atomic E-state index is -1.16. The second kappa shape index (κ2) is 12.3. The Balaban J connectivity index is 2.99. The Morgan fingerprint density at radius 2 is 1.88 bits per heavy atom. The van der Waals surface area contributed by atoms with Gasteiger partial charge >= 0.3 is 12.1 Å². The SMILES string of the molecule is C#CN(C(=O)CNC(=O)OC(C)(C)C)C(C(=O)NCCC(=O)OCC)c1cccc(C)c1. The van der Waals surface area contributed by atoms with E-state index >= 15 is 0 Å². The van der Waals surface area contributed by atoms with Gasteiger partial charge in [-0.25, -0.2) is 4.79 Å². The molecular weight excluding hydrogens is 414 g/mol. The number of benzene rings is 1. The third-order valence-corrected chi connectivity index (χ3v) is 3.99. The summed E-state index contributed by atoms with van der Waals surface area (Å²) in [5, 5.41) is 4.96. The number of nitrogens with zero attached hydrogens (tertiary/aromatic N) is 1. The van der Waals surface area contributed by atoms with Gasteiger partial charge in [-0.15, -0.1) is 0 Å². The standard InChI is InChI=1S/C23H31N3O6/c1-7-26(18(27)15-25-22(30)32-23(4,5)6)20(17-11-9-10-16(3)14-17)21(29)24-13-12-19(28)31-8-2/h1,9-11,14,20H,8,12-13,15H2,2-6H3,(H,24,29)(H,25,30). The molecule has 0 heterocycles. The zero-order valence-corrected chi connectivity index (χ0v) is 19.2. The van der Waals surface area contributed by atoms with E-state index < -0.39 is 42.1 Å². The average molecular weight is 446 g/mol. The van der Waals surface area contributed by atoms with E-state index in [1.165, 1.54) is 0 Å². The summed E-state index contributed by atoms with van der Waals surface area (Å²) < 4.78 is 9.95. The highest BCUT2D eigenvalue weighted by Crippen LogP contribution is 2.22. The van der Waals surface area contributed by atoms with Crippen LogP contribution >= 0.6 is 0 Å². The van der Waals surface area contributed by atoms with Crippen LogP contribution in [0.25, 0.3) is 0 Å². The van der Waals surface area contributed by atoms with Crippen LogP contribution < -0.4 is 10.6 Å². The molecule has 9 heteroatoms. The molecule has 3 amide bonds. The van der Waals surface area contributed by atoms with Gasteiger partial charge in [0.2, 0.25) is 5.91 Å². The van der Waals surface area contributed by atoms with Crippen LogP contribution in [0.1, 0.15) is 51.3 Å². The van der Waals surface area contributed by atoms with E-state index in [-0.39, 0.29) is 19.6 Å². The quantitative estimate of drug-likeness (QED) is 0.342. The number of aryl methyl sites for hydroxylation is 1. The van der Waals surface area contributed by atoms with Gasteiger partial charge in [0, 0.05) is 12.6 Å². The number of esters is 1. The van der Waals surface area contributed by atoms with E-state index in [0.717, 1.165) is 10.5 Å². The van der Waals surface area contributed by atoms with Gasteiger partial charge in [-0.1, -0.05) is 36.3 Å². The molecule has 0 saturated carbocycles. The molecular formula is C23H31N3O6. The Bertz CT molecular complexity index is 869. The van der Waals surface area contributed by atoms with Gasteiger partial charge in [0.25, 0.3) is 5.91 Å². The molecule has 174 valence electrons. The normalized spacial score (nSPS) is 11.5. The van der Waals surface area contributed by atoms with Crippen molar-refractivity contribution in [2.24, 2.45) is 0 Å². The lowest BCUT2D eigenvalue weighted by Crippen LogP contribution is -2.46. The van der Waals surface area contributed by atoms with Crippen LogP contribution in [0, 0.1) is 19.4 Å². The van der Waals surface area contributed by atoms with Gasteiger partial charge in [0.15, 0.2) is 0 Å². The third-order valence-electron chi connectivity index (χ3n) is 3.99. The second-order valence-electron chi connectivity index (χ2n) is 7.91. The second-order valence-corrected chi connectivity index (χ2v) is 7.91. The van der Waals surface area contributed by atoms with Crippen LogP contribution in [-0.2, 0) is 23.9 Å². The smallest absolute Gasteiger partial charge is 0.408 e. The van der Waals surface area contributed by atoms with Gasteiger partial charge < -0.3 is 20.1 Å². The first kappa shape index (κ1) is 26.5. The number of carbonyl (C=O) groups excluding carboxylic acids is 4. The number of rotatable bonds is 9. The Hall–Kier alpha value is -3.54. The predicted octanol–water partition coefficient (Wildman–Crippen LogP) is 2.05. The monoisotopic (exact) mass is 445 g/mol. The summed E-state index contributed by atoms with van der Waals surface area (Å²) in [4.78, 5) is 50.0.